The minimum atomic E-state index is 0. The SMILES string of the molecule is S=C(S)n1c2ccccc2c2ccccc21.[Cu+2]. The van der Waals surface area contributed by atoms with Crippen molar-refractivity contribution in [1.29, 1.82) is 0 Å². The average molecular weight is 307 g/mol. The Morgan fingerprint density at radius 2 is 1.29 bits per heavy atom. The van der Waals surface area contributed by atoms with Crippen LogP contribution >= 0.6 is 24.8 Å². The Morgan fingerprint density at radius 1 is 0.882 bits per heavy atom. The molecule has 87 valence electrons. The first-order valence-corrected chi connectivity index (χ1v) is 5.86. The molecule has 0 fully saturated rings. The Hall–Kier alpha value is -0.801. The summed E-state index contributed by atoms with van der Waals surface area (Å²) in [5.41, 5.74) is 2.23. The molecule has 0 aliphatic carbocycles. The topological polar surface area (TPSA) is 4.93 Å². The van der Waals surface area contributed by atoms with E-state index in [1.165, 1.54) is 10.8 Å². The number of nitrogens with zero attached hydrogens (tertiary/aromatic N) is 1. The summed E-state index contributed by atoms with van der Waals surface area (Å²) in [7, 11) is 0. The fourth-order valence-corrected chi connectivity index (χ4v) is 2.54. The van der Waals surface area contributed by atoms with Gasteiger partial charge in [-0.15, -0.1) is 12.6 Å². The molecule has 0 N–H and O–H groups in total. The Kier molecular flexibility index (Phi) is 3.59. The van der Waals surface area contributed by atoms with Gasteiger partial charge in [0, 0.05) is 10.8 Å². The van der Waals surface area contributed by atoms with Crippen LogP contribution in [-0.4, -0.2) is 8.89 Å². The van der Waals surface area contributed by atoms with Gasteiger partial charge in [0.15, 0.2) is 0 Å². The van der Waals surface area contributed by atoms with Gasteiger partial charge in [-0.25, -0.2) is 0 Å². The first-order chi connectivity index (χ1) is 7.79. The third-order valence-electron chi connectivity index (χ3n) is 2.77. The zero-order valence-electron chi connectivity index (χ0n) is 8.72. The summed E-state index contributed by atoms with van der Waals surface area (Å²) < 4.78 is 2.58. The van der Waals surface area contributed by atoms with Crippen LogP contribution in [0.4, 0.5) is 0 Å². The van der Waals surface area contributed by atoms with Crippen LogP contribution in [-0.2, 0) is 17.1 Å². The fraction of sp³-hybridized carbons (Fsp3) is 0. The normalized spacial score (nSPS) is 10.4. The Labute approximate surface area is 121 Å². The summed E-state index contributed by atoms with van der Waals surface area (Å²) in [5.74, 6) is 0. The molecule has 2 aromatic carbocycles. The molecule has 0 unspecified atom stereocenters. The van der Waals surface area contributed by atoms with Crippen molar-refractivity contribution in [2.75, 3.05) is 0 Å². The Morgan fingerprint density at radius 3 is 1.71 bits per heavy atom. The van der Waals surface area contributed by atoms with Gasteiger partial charge in [-0.1, -0.05) is 48.6 Å². The van der Waals surface area contributed by atoms with Gasteiger partial charge in [0.25, 0.3) is 0 Å². The van der Waals surface area contributed by atoms with E-state index < -0.39 is 0 Å². The van der Waals surface area contributed by atoms with E-state index in [4.69, 9.17) is 12.2 Å². The van der Waals surface area contributed by atoms with Crippen molar-refractivity contribution >= 4 is 51.0 Å². The van der Waals surface area contributed by atoms with Crippen molar-refractivity contribution < 1.29 is 17.1 Å². The van der Waals surface area contributed by atoms with Crippen LogP contribution in [0.3, 0.4) is 0 Å². The first kappa shape index (κ1) is 12.7. The van der Waals surface area contributed by atoms with Crippen LogP contribution in [0.2, 0.25) is 0 Å². The summed E-state index contributed by atoms with van der Waals surface area (Å²) in [5, 5.41) is 2.43. The minimum Gasteiger partial charge on any atom is -0.295 e. The second kappa shape index (κ2) is 4.83. The predicted molar refractivity (Wildman–Crippen MR) is 76.4 cm³/mol. The van der Waals surface area contributed by atoms with E-state index in [2.05, 4.69) is 36.9 Å². The van der Waals surface area contributed by atoms with Crippen LogP contribution < -0.4 is 0 Å². The molecule has 0 aliphatic rings. The zero-order valence-corrected chi connectivity index (χ0v) is 11.4. The Bertz CT molecular complexity index is 650. The van der Waals surface area contributed by atoms with Gasteiger partial charge in [0.1, 0.15) is 4.32 Å². The van der Waals surface area contributed by atoms with Gasteiger partial charge < -0.3 is 0 Å². The largest absolute Gasteiger partial charge is 2.00 e. The number of aromatic nitrogens is 1. The summed E-state index contributed by atoms with van der Waals surface area (Å²) in [4.78, 5) is 0. The standard InChI is InChI=1S/C13H9NS2.Cu/c15-13(16)14-11-7-3-1-5-9(11)10-6-2-4-8-12(10)14;/h1-8H,(H,15,16);/q;+2. The molecule has 0 bridgehead atoms. The predicted octanol–water partition coefficient (Wildman–Crippen LogP) is 3.85. The molecule has 0 saturated heterocycles. The molecule has 4 heteroatoms. The average Bonchev–Trinajstić information content (AvgIpc) is 2.63. The van der Waals surface area contributed by atoms with Crippen molar-refractivity contribution in [3.63, 3.8) is 0 Å². The van der Waals surface area contributed by atoms with Gasteiger partial charge in [0.2, 0.25) is 0 Å². The monoisotopic (exact) mass is 306 g/mol. The molecular weight excluding hydrogens is 298 g/mol. The molecular formula is C13H9CuNS2+2. The first-order valence-electron chi connectivity index (χ1n) is 5.00. The van der Waals surface area contributed by atoms with Crippen LogP contribution in [0.5, 0.6) is 0 Å². The maximum absolute atomic E-state index is 5.20. The van der Waals surface area contributed by atoms with Gasteiger partial charge in [-0.3, -0.25) is 4.57 Å². The minimum absolute atomic E-state index is 0. The molecule has 17 heavy (non-hydrogen) atoms. The third-order valence-corrected chi connectivity index (χ3v) is 3.15. The molecule has 0 saturated carbocycles. The molecule has 1 nitrogen and oxygen atoms in total. The molecule has 1 heterocycles. The van der Waals surface area contributed by atoms with E-state index in [0.717, 1.165) is 11.0 Å². The maximum atomic E-state index is 5.20. The zero-order chi connectivity index (χ0) is 11.1. The number of hydrogen-bond acceptors (Lipinski definition) is 1. The van der Waals surface area contributed by atoms with Crippen molar-refractivity contribution in [1.82, 2.24) is 4.57 Å². The molecule has 0 amide bonds. The molecule has 3 aromatic rings. The number of thiocarbonyl (C=S) groups is 1. The number of benzene rings is 2. The second-order valence-electron chi connectivity index (χ2n) is 3.65. The second-order valence-corrected chi connectivity index (χ2v) is 4.77. The smallest absolute Gasteiger partial charge is 0.295 e. The van der Waals surface area contributed by atoms with Crippen LogP contribution in [0.25, 0.3) is 21.8 Å². The van der Waals surface area contributed by atoms with Crippen molar-refractivity contribution in [3.05, 3.63) is 48.5 Å². The maximum Gasteiger partial charge on any atom is 2.00 e. The summed E-state index contributed by atoms with van der Waals surface area (Å²) in [6, 6.07) is 16.5. The number of thiol groups is 1. The third kappa shape index (κ3) is 1.91. The quantitative estimate of drug-likeness (QED) is 0.376. The Balaban J connectivity index is 0.00000108. The van der Waals surface area contributed by atoms with Crippen molar-refractivity contribution in [2.24, 2.45) is 0 Å². The van der Waals surface area contributed by atoms with Crippen LogP contribution in [0.15, 0.2) is 48.5 Å². The molecule has 0 aliphatic heterocycles. The molecule has 0 spiro atoms. The van der Waals surface area contributed by atoms with E-state index in [0.29, 0.717) is 4.32 Å². The van der Waals surface area contributed by atoms with E-state index in [-0.39, 0.29) is 17.1 Å². The van der Waals surface area contributed by atoms with Crippen molar-refractivity contribution in [2.45, 2.75) is 0 Å². The van der Waals surface area contributed by atoms with E-state index in [1.54, 1.807) is 0 Å². The van der Waals surface area contributed by atoms with Gasteiger partial charge in [-0.05, 0) is 12.1 Å². The summed E-state index contributed by atoms with van der Waals surface area (Å²) in [6.07, 6.45) is 0. The number of para-hydroxylation sites is 2. The molecule has 0 atom stereocenters. The summed E-state index contributed by atoms with van der Waals surface area (Å²) in [6.45, 7) is 0. The molecule has 3 rings (SSSR count). The van der Waals surface area contributed by atoms with Gasteiger partial charge >= 0.3 is 17.1 Å². The molecule has 1 aromatic heterocycles. The van der Waals surface area contributed by atoms with E-state index in [9.17, 15) is 0 Å². The van der Waals surface area contributed by atoms with Crippen molar-refractivity contribution in [3.8, 4) is 0 Å². The van der Waals surface area contributed by atoms with Gasteiger partial charge in [-0.2, -0.15) is 0 Å². The molecule has 1 radical (unpaired) electrons. The number of hydrogen-bond donors (Lipinski definition) is 1. The number of fused-ring (bicyclic) bond motifs is 3. The number of rotatable bonds is 0. The fourth-order valence-electron chi connectivity index (χ4n) is 2.13. The van der Waals surface area contributed by atoms with Crippen LogP contribution in [0, 0.1) is 0 Å². The summed E-state index contributed by atoms with van der Waals surface area (Å²) >= 11 is 9.50. The van der Waals surface area contributed by atoms with E-state index in [1.807, 2.05) is 28.8 Å². The van der Waals surface area contributed by atoms with Crippen LogP contribution in [0.1, 0.15) is 0 Å². The van der Waals surface area contributed by atoms with Gasteiger partial charge in [0.05, 0.1) is 11.0 Å². The van der Waals surface area contributed by atoms with E-state index >= 15 is 0 Å².